The van der Waals surface area contributed by atoms with Gasteiger partial charge in [-0.3, -0.25) is 10.1 Å². The third kappa shape index (κ3) is 1.55. The van der Waals surface area contributed by atoms with Crippen molar-refractivity contribution in [1.29, 1.82) is 0 Å². The molecule has 0 unspecified atom stereocenters. The molecule has 1 N–H and O–H groups in total. The summed E-state index contributed by atoms with van der Waals surface area (Å²) in [5, 5.41) is 20.5. The molecule has 7 heteroatoms. The molecule has 0 saturated carbocycles. The Kier molecular flexibility index (Phi) is 1.93. The number of hydrogen-bond donors (Lipinski definition) is 1. The van der Waals surface area contributed by atoms with Gasteiger partial charge >= 0.3 is 5.00 Å². The second-order valence-electron chi connectivity index (χ2n) is 3.59. The first kappa shape index (κ1) is 9.35. The quantitative estimate of drug-likeness (QED) is 0.578. The first-order valence-electron chi connectivity index (χ1n) is 4.05. The summed E-state index contributed by atoms with van der Waals surface area (Å²) in [5.41, 5.74) is -0.680. The Labute approximate surface area is 84.0 Å². The third-order valence-electron chi connectivity index (χ3n) is 1.99. The maximum atomic E-state index is 10.4. The van der Waals surface area contributed by atoms with E-state index in [1.807, 2.05) is 4.90 Å². The highest BCUT2D eigenvalue weighted by atomic mass is 32.1. The molecule has 1 aromatic rings. The molecule has 0 radical (unpaired) electrons. The lowest BCUT2D eigenvalue weighted by Gasteiger charge is -2.43. The van der Waals surface area contributed by atoms with Crippen LogP contribution in [-0.4, -0.2) is 33.7 Å². The van der Waals surface area contributed by atoms with Crippen LogP contribution in [0.5, 0.6) is 0 Å². The molecule has 1 aliphatic rings. The summed E-state index contributed by atoms with van der Waals surface area (Å²) in [5.74, 6) is 0. The van der Waals surface area contributed by atoms with E-state index in [9.17, 15) is 15.2 Å². The van der Waals surface area contributed by atoms with Crippen LogP contribution < -0.4 is 4.90 Å². The van der Waals surface area contributed by atoms with Gasteiger partial charge in [0.25, 0.3) is 0 Å². The van der Waals surface area contributed by atoms with Crippen molar-refractivity contribution in [1.82, 2.24) is 4.98 Å². The van der Waals surface area contributed by atoms with Crippen molar-refractivity contribution >= 4 is 21.5 Å². The van der Waals surface area contributed by atoms with Gasteiger partial charge in [0.05, 0.1) is 23.6 Å². The van der Waals surface area contributed by atoms with Crippen LogP contribution in [0.4, 0.5) is 10.1 Å². The van der Waals surface area contributed by atoms with E-state index in [2.05, 4.69) is 4.98 Å². The molecule has 0 atom stereocenters. The summed E-state index contributed by atoms with van der Waals surface area (Å²) in [6, 6.07) is 0. The number of nitrogens with zero attached hydrogens (tertiary/aromatic N) is 3. The van der Waals surface area contributed by atoms with Crippen LogP contribution in [-0.2, 0) is 0 Å². The second-order valence-corrected chi connectivity index (χ2v) is 4.58. The van der Waals surface area contributed by atoms with Gasteiger partial charge in [-0.25, -0.2) is 4.98 Å². The standard InChI is InChI=1S/C7H9N3O3S/c1-7(11)3-9(4-7)6-8-2-5(14-6)10(12)13/h2,11H,3-4H2,1H3. The number of hydrogen-bond acceptors (Lipinski definition) is 6. The molecular weight excluding hydrogens is 206 g/mol. The van der Waals surface area contributed by atoms with E-state index in [-0.39, 0.29) is 5.00 Å². The van der Waals surface area contributed by atoms with Crippen molar-refractivity contribution < 1.29 is 10.0 Å². The third-order valence-corrected chi connectivity index (χ3v) is 3.00. The fourth-order valence-electron chi connectivity index (χ4n) is 1.40. The van der Waals surface area contributed by atoms with Gasteiger partial charge in [-0.2, -0.15) is 0 Å². The molecule has 0 bridgehead atoms. The van der Waals surface area contributed by atoms with Gasteiger partial charge in [-0.1, -0.05) is 0 Å². The van der Waals surface area contributed by atoms with Crippen molar-refractivity contribution in [2.75, 3.05) is 18.0 Å². The van der Waals surface area contributed by atoms with E-state index >= 15 is 0 Å². The van der Waals surface area contributed by atoms with Crippen molar-refractivity contribution in [2.45, 2.75) is 12.5 Å². The van der Waals surface area contributed by atoms with Gasteiger partial charge in [-0.05, 0) is 18.3 Å². The highest BCUT2D eigenvalue weighted by Gasteiger charge is 2.38. The van der Waals surface area contributed by atoms with Gasteiger partial charge < -0.3 is 10.0 Å². The second kappa shape index (κ2) is 2.89. The van der Waals surface area contributed by atoms with E-state index in [1.165, 1.54) is 6.20 Å². The average Bonchev–Trinajstić information content (AvgIpc) is 2.47. The lowest BCUT2D eigenvalue weighted by atomic mass is 9.98. The van der Waals surface area contributed by atoms with Crippen LogP contribution in [0, 0.1) is 10.1 Å². The van der Waals surface area contributed by atoms with Gasteiger partial charge in [0.15, 0.2) is 5.13 Å². The lowest BCUT2D eigenvalue weighted by Crippen LogP contribution is -2.60. The smallest absolute Gasteiger partial charge is 0.345 e. The summed E-state index contributed by atoms with van der Waals surface area (Å²) in [6.45, 7) is 2.70. The fourth-order valence-corrected chi connectivity index (χ4v) is 2.13. The van der Waals surface area contributed by atoms with Gasteiger partial charge in [0.2, 0.25) is 0 Å². The molecule has 1 aliphatic heterocycles. The summed E-state index contributed by atoms with van der Waals surface area (Å²) < 4.78 is 0. The maximum Gasteiger partial charge on any atom is 0.345 e. The molecule has 1 saturated heterocycles. The Hall–Kier alpha value is -1.21. The molecule has 1 aromatic heterocycles. The van der Waals surface area contributed by atoms with Crippen LogP contribution in [0.2, 0.25) is 0 Å². The topological polar surface area (TPSA) is 79.5 Å². The zero-order valence-corrected chi connectivity index (χ0v) is 8.32. The number of nitro groups is 1. The van der Waals surface area contributed by atoms with E-state index in [0.717, 1.165) is 11.3 Å². The van der Waals surface area contributed by atoms with Crippen LogP contribution in [0.1, 0.15) is 6.92 Å². The van der Waals surface area contributed by atoms with Crippen molar-refractivity contribution in [3.8, 4) is 0 Å². The maximum absolute atomic E-state index is 10.4. The highest BCUT2D eigenvalue weighted by Crippen LogP contribution is 2.33. The molecule has 2 rings (SSSR count). The molecule has 6 nitrogen and oxygen atoms in total. The number of aliphatic hydroxyl groups is 1. The van der Waals surface area contributed by atoms with Crippen molar-refractivity contribution in [2.24, 2.45) is 0 Å². The van der Waals surface area contributed by atoms with Crippen molar-refractivity contribution in [3.63, 3.8) is 0 Å². The van der Waals surface area contributed by atoms with E-state index < -0.39 is 10.5 Å². The zero-order chi connectivity index (χ0) is 10.3. The minimum absolute atomic E-state index is 0.0338. The normalized spacial score (nSPS) is 19.1. The summed E-state index contributed by atoms with van der Waals surface area (Å²) in [6.07, 6.45) is 1.24. The Morgan fingerprint density at radius 3 is 2.86 bits per heavy atom. The molecule has 0 spiro atoms. The predicted octanol–water partition coefficient (Wildman–Crippen LogP) is 0.622. The van der Waals surface area contributed by atoms with Crippen LogP contribution >= 0.6 is 11.3 Å². The zero-order valence-electron chi connectivity index (χ0n) is 7.51. The minimum Gasteiger partial charge on any atom is -0.386 e. The largest absolute Gasteiger partial charge is 0.386 e. The molecule has 14 heavy (non-hydrogen) atoms. The average molecular weight is 215 g/mol. The molecular formula is C7H9N3O3S. The number of β-amino-alcohol motifs (C(OH)–C–C–N with tert-alkyl or cyclic N) is 1. The van der Waals surface area contributed by atoms with Crippen LogP contribution in [0.15, 0.2) is 6.20 Å². The molecule has 76 valence electrons. The number of rotatable bonds is 2. The molecule has 0 aromatic carbocycles. The fraction of sp³-hybridized carbons (Fsp3) is 0.571. The Bertz CT molecular complexity index is 368. The number of thiazole rings is 1. The first-order valence-corrected chi connectivity index (χ1v) is 4.87. The van der Waals surface area contributed by atoms with E-state index in [0.29, 0.717) is 18.2 Å². The minimum atomic E-state index is -0.680. The Morgan fingerprint density at radius 2 is 2.43 bits per heavy atom. The SMILES string of the molecule is CC1(O)CN(c2ncc([N+](=O)[O-])s2)C1. The number of aromatic nitrogens is 1. The van der Waals surface area contributed by atoms with E-state index in [4.69, 9.17) is 0 Å². The molecule has 0 amide bonds. The summed E-state index contributed by atoms with van der Waals surface area (Å²) in [7, 11) is 0. The lowest BCUT2D eigenvalue weighted by molar-refractivity contribution is -0.380. The highest BCUT2D eigenvalue weighted by molar-refractivity contribution is 7.18. The Morgan fingerprint density at radius 1 is 1.79 bits per heavy atom. The van der Waals surface area contributed by atoms with Gasteiger partial charge in [0.1, 0.15) is 6.20 Å². The molecule has 1 fully saturated rings. The summed E-state index contributed by atoms with van der Waals surface area (Å²) >= 11 is 1.03. The number of anilines is 1. The van der Waals surface area contributed by atoms with E-state index in [1.54, 1.807) is 6.92 Å². The summed E-state index contributed by atoms with van der Waals surface area (Å²) in [4.78, 5) is 15.7. The van der Waals surface area contributed by atoms with Gasteiger partial charge in [-0.15, -0.1) is 0 Å². The first-order chi connectivity index (χ1) is 6.48. The van der Waals surface area contributed by atoms with Gasteiger partial charge in [0, 0.05) is 0 Å². The Balaban J connectivity index is 2.08. The molecule has 0 aliphatic carbocycles. The van der Waals surface area contributed by atoms with Crippen molar-refractivity contribution in [3.05, 3.63) is 16.3 Å². The van der Waals surface area contributed by atoms with Crippen LogP contribution in [0.3, 0.4) is 0 Å². The monoisotopic (exact) mass is 215 g/mol. The predicted molar refractivity (Wildman–Crippen MR) is 51.6 cm³/mol. The molecule has 2 heterocycles. The van der Waals surface area contributed by atoms with Crippen LogP contribution in [0.25, 0.3) is 0 Å².